The zero-order chi connectivity index (χ0) is 41.2. The Morgan fingerprint density at radius 3 is 1.85 bits per heavy atom. The lowest BCUT2D eigenvalue weighted by atomic mass is 9.86. The maximum Gasteiger partial charge on any atom is 0.159 e. The molecular weight excluding hydrogens is 753 g/mol. The molecule has 0 saturated carbocycles. The van der Waals surface area contributed by atoms with Gasteiger partial charge >= 0.3 is 0 Å². The first-order chi connectivity index (χ1) is 30.7. The van der Waals surface area contributed by atoms with Crippen LogP contribution in [0.25, 0.3) is 55.2 Å². The largest absolute Gasteiger partial charge is 0.344 e. The summed E-state index contributed by atoms with van der Waals surface area (Å²) in [5.41, 5.74) is 13.4. The van der Waals surface area contributed by atoms with Gasteiger partial charge in [0.15, 0.2) is 5.84 Å². The predicted octanol–water partition coefficient (Wildman–Crippen LogP) is 14.1. The number of pyridine rings is 1. The van der Waals surface area contributed by atoms with Crippen LogP contribution in [0.5, 0.6) is 0 Å². The maximum atomic E-state index is 5.31. The van der Waals surface area contributed by atoms with Gasteiger partial charge in [0.25, 0.3) is 0 Å². The number of nitrogens with one attached hydrogen (secondary N) is 1. The minimum absolute atomic E-state index is 0.259. The van der Waals surface area contributed by atoms with Crippen LogP contribution in [0.15, 0.2) is 228 Å². The van der Waals surface area contributed by atoms with E-state index in [0.717, 1.165) is 63.3 Å². The van der Waals surface area contributed by atoms with E-state index in [9.17, 15) is 0 Å². The minimum atomic E-state index is -0.353. The Morgan fingerprint density at radius 1 is 0.468 bits per heavy atom. The number of fused-ring (bicyclic) bond motifs is 3. The fraction of sp³-hybridized carbons (Fsp3) is 0.0862. The summed E-state index contributed by atoms with van der Waals surface area (Å²) in [5, 5.41) is 7.42. The van der Waals surface area contributed by atoms with E-state index in [4.69, 9.17) is 15.0 Å². The molecule has 0 fully saturated rings. The van der Waals surface area contributed by atoms with Crippen LogP contribution in [-0.4, -0.2) is 16.7 Å². The summed E-state index contributed by atoms with van der Waals surface area (Å²) in [6, 6.07) is 60.8. The summed E-state index contributed by atoms with van der Waals surface area (Å²) in [4.78, 5) is 15.8. The smallest absolute Gasteiger partial charge is 0.159 e. The quantitative estimate of drug-likeness (QED) is 0.156. The first-order valence-electron chi connectivity index (χ1n) is 21.6. The van der Waals surface area contributed by atoms with Gasteiger partial charge in [-0.25, -0.2) is 15.0 Å². The molecule has 3 unspecified atom stereocenters. The Labute approximate surface area is 362 Å². The normalized spacial score (nSPS) is 18.1. The Hall–Kier alpha value is -7.69. The molecule has 1 N–H and O–H groups in total. The van der Waals surface area contributed by atoms with Crippen LogP contribution >= 0.6 is 0 Å². The molecule has 296 valence electrons. The lowest BCUT2D eigenvalue weighted by Crippen LogP contribution is -2.33. The number of aromatic nitrogens is 1. The van der Waals surface area contributed by atoms with Gasteiger partial charge in [0.2, 0.25) is 0 Å². The molecule has 11 rings (SSSR count). The second-order valence-corrected chi connectivity index (χ2v) is 16.3. The van der Waals surface area contributed by atoms with Crippen LogP contribution in [0.2, 0.25) is 0 Å². The zero-order valence-electron chi connectivity index (χ0n) is 34.3. The molecule has 0 saturated heterocycles. The summed E-state index contributed by atoms with van der Waals surface area (Å²) in [5.74, 6) is 2.05. The number of aliphatic imine (C=N–C) groups is 2. The Balaban J connectivity index is 1.01. The molecule has 0 radical (unpaired) electrons. The van der Waals surface area contributed by atoms with E-state index >= 15 is 0 Å². The molecule has 62 heavy (non-hydrogen) atoms. The highest BCUT2D eigenvalue weighted by Crippen LogP contribution is 2.39. The van der Waals surface area contributed by atoms with E-state index in [1.54, 1.807) is 0 Å². The monoisotopic (exact) mass is 796 g/mol. The first kappa shape index (κ1) is 37.3. The molecule has 0 spiro atoms. The van der Waals surface area contributed by atoms with Gasteiger partial charge in [-0.15, -0.1) is 0 Å². The van der Waals surface area contributed by atoms with Crippen LogP contribution in [0.1, 0.15) is 58.7 Å². The van der Waals surface area contributed by atoms with Gasteiger partial charge in [0.1, 0.15) is 12.0 Å². The van der Waals surface area contributed by atoms with Crippen LogP contribution < -0.4 is 5.32 Å². The zero-order valence-corrected chi connectivity index (χ0v) is 34.3. The first-order valence-corrected chi connectivity index (χ1v) is 21.6. The average molecular weight is 797 g/mol. The van der Waals surface area contributed by atoms with Crippen molar-refractivity contribution in [1.82, 2.24) is 10.3 Å². The van der Waals surface area contributed by atoms with Crippen LogP contribution in [-0.2, 0) is 0 Å². The van der Waals surface area contributed by atoms with Crippen molar-refractivity contribution < 1.29 is 0 Å². The summed E-state index contributed by atoms with van der Waals surface area (Å²) in [6.45, 7) is 0. The lowest BCUT2D eigenvalue weighted by molar-refractivity contribution is 0.672. The van der Waals surface area contributed by atoms with Gasteiger partial charge in [-0.3, -0.25) is 0 Å². The summed E-state index contributed by atoms with van der Waals surface area (Å²) >= 11 is 0. The number of benzene rings is 7. The topological polar surface area (TPSA) is 49.6 Å². The van der Waals surface area contributed by atoms with E-state index in [1.165, 1.54) is 38.4 Å². The molecule has 1 aromatic heterocycles. The molecule has 3 aliphatic rings. The van der Waals surface area contributed by atoms with Crippen molar-refractivity contribution in [1.29, 1.82) is 0 Å². The van der Waals surface area contributed by atoms with Crippen molar-refractivity contribution in [2.24, 2.45) is 9.98 Å². The SMILES string of the molecule is C1=CCC(c2cc(-c3ccccc3)cc(C3N=C(c4ccccc4)N=C(c4cccc(-c5ccc6ccc7nc(-c8ccccc8)cc(C8C=CC=CC8)c7c6c5)c4)N3)c2)C=C1. The van der Waals surface area contributed by atoms with Crippen molar-refractivity contribution in [3.63, 3.8) is 0 Å². The number of rotatable bonds is 8. The van der Waals surface area contributed by atoms with Crippen molar-refractivity contribution in [2.75, 3.05) is 0 Å². The van der Waals surface area contributed by atoms with Gasteiger partial charge in [-0.2, -0.15) is 0 Å². The molecule has 7 aromatic carbocycles. The summed E-state index contributed by atoms with van der Waals surface area (Å²) in [7, 11) is 0. The second kappa shape index (κ2) is 16.4. The molecule has 3 atom stereocenters. The van der Waals surface area contributed by atoms with E-state index in [-0.39, 0.29) is 12.1 Å². The van der Waals surface area contributed by atoms with Crippen molar-refractivity contribution >= 4 is 33.3 Å². The van der Waals surface area contributed by atoms with Crippen molar-refractivity contribution in [2.45, 2.75) is 30.8 Å². The molecule has 0 amide bonds. The maximum absolute atomic E-state index is 5.31. The molecule has 4 nitrogen and oxygen atoms in total. The molecular formula is C58H44N4. The Morgan fingerprint density at radius 2 is 1.11 bits per heavy atom. The minimum Gasteiger partial charge on any atom is -0.344 e. The number of hydrogen-bond acceptors (Lipinski definition) is 4. The van der Waals surface area contributed by atoms with E-state index in [2.05, 4.69) is 218 Å². The van der Waals surface area contributed by atoms with Crippen molar-refractivity contribution in [3.8, 4) is 33.5 Å². The Bertz CT molecular complexity index is 3160. The molecule has 4 heteroatoms. The number of allylic oxidation sites excluding steroid dienone is 8. The fourth-order valence-corrected chi connectivity index (χ4v) is 9.13. The molecule has 2 aliphatic carbocycles. The Kier molecular flexibility index (Phi) is 9.87. The van der Waals surface area contributed by atoms with Gasteiger partial charge in [-0.05, 0) is 92.9 Å². The third-order valence-electron chi connectivity index (χ3n) is 12.3. The van der Waals surface area contributed by atoms with Gasteiger partial charge in [0, 0.05) is 33.9 Å². The van der Waals surface area contributed by atoms with E-state index in [0.29, 0.717) is 11.8 Å². The summed E-state index contributed by atoms with van der Waals surface area (Å²) < 4.78 is 0. The summed E-state index contributed by atoms with van der Waals surface area (Å²) in [6.07, 6.45) is 19.4. The van der Waals surface area contributed by atoms with Crippen LogP contribution in [0.4, 0.5) is 0 Å². The molecule has 0 bridgehead atoms. The lowest BCUT2D eigenvalue weighted by Gasteiger charge is -2.26. The third-order valence-corrected chi connectivity index (χ3v) is 12.3. The third kappa shape index (κ3) is 7.41. The number of nitrogens with zero attached hydrogens (tertiary/aromatic N) is 3. The standard InChI is InChI=1S/C58H44N4/c1-6-17-39(18-7-1)48-34-49(40-19-8-2-9-20-40)36-50(35-48)58-61-56(44-25-14-5-15-26-44)60-57(62-58)47-28-16-27-45(33-47)46-30-29-42-31-32-53-55(51(42)37-46)52(41-21-10-3-11-22-41)38-54(59-53)43-23-12-4-13-24-43/h1-19,21,23-38,40-41,58H,20,22H2,(H,60,61,62). The van der Waals surface area contributed by atoms with E-state index < -0.39 is 0 Å². The predicted molar refractivity (Wildman–Crippen MR) is 259 cm³/mol. The average Bonchev–Trinajstić information content (AvgIpc) is 3.37. The number of hydrogen-bond donors (Lipinski definition) is 1. The second-order valence-electron chi connectivity index (χ2n) is 16.3. The highest BCUT2D eigenvalue weighted by molar-refractivity contribution is 6.14. The van der Waals surface area contributed by atoms with Gasteiger partial charge in [0.05, 0.1) is 11.2 Å². The molecule has 1 aliphatic heterocycles. The van der Waals surface area contributed by atoms with Crippen LogP contribution in [0.3, 0.4) is 0 Å². The van der Waals surface area contributed by atoms with E-state index in [1.807, 2.05) is 6.07 Å². The van der Waals surface area contributed by atoms with Crippen LogP contribution in [0, 0.1) is 0 Å². The highest BCUT2D eigenvalue weighted by Gasteiger charge is 2.24. The molecule has 8 aromatic rings. The number of amidine groups is 2. The van der Waals surface area contributed by atoms with Crippen molar-refractivity contribution in [3.05, 3.63) is 246 Å². The van der Waals surface area contributed by atoms with Gasteiger partial charge < -0.3 is 5.32 Å². The fourth-order valence-electron chi connectivity index (χ4n) is 9.13. The van der Waals surface area contributed by atoms with Gasteiger partial charge in [-0.1, -0.05) is 188 Å². The molecule has 2 heterocycles. The highest BCUT2D eigenvalue weighted by atomic mass is 15.2.